The standard InChI is InChI=1S/C24H28N2O5/c1-4-5-6-10-19(23(27)26-28)24-25-21(18-9-7-8-11-20(18)30-3)22(31-24)16-12-14-17(29-2)15-13-16/h7-9,11-15,19,28H,4-6,10H2,1-3H3,(H,26,27). The third kappa shape index (κ3) is 5.06. The molecule has 0 saturated carbocycles. The summed E-state index contributed by atoms with van der Waals surface area (Å²) < 4.78 is 16.9. The fourth-order valence-corrected chi connectivity index (χ4v) is 3.49. The number of unbranched alkanes of at least 4 members (excludes halogenated alkanes) is 2. The minimum Gasteiger partial charge on any atom is -0.497 e. The molecule has 1 amide bonds. The van der Waals surface area contributed by atoms with Crippen molar-refractivity contribution in [3.05, 3.63) is 54.4 Å². The maximum Gasteiger partial charge on any atom is 0.255 e. The average molecular weight is 424 g/mol. The second kappa shape index (κ2) is 10.6. The molecule has 0 saturated heterocycles. The van der Waals surface area contributed by atoms with Crippen LogP contribution in [0, 0.1) is 0 Å². The van der Waals surface area contributed by atoms with Gasteiger partial charge in [0.2, 0.25) is 5.89 Å². The topological polar surface area (TPSA) is 93.8 Å². The number of para-hydroxylation sites is 1. The van der Waals surface area contributed by atoms with Gasteiger partial charge in [-0.3, -0.25) is 10.0 Å². The number of oxazole rings is 1. The second-order valence-corrected chi connectivity index (χ2v) is 7.18. The number of hydroxylamine groups is 1. The number of hydrogen-bond acceptors (Lipinski definition) is 6. The molecule has 1 atom stereocenters. The summed E-state index contributed by atoms with van der Waals surface area (Å²) >= 11 is 0. The van der Waals surface area contributed by atoms with E-state index in [2.05, 4.69) is 6.92 Å². The molecular weight excluding hydrogens is 396 g/mol. The molecule has 3 aromatic rings. The van der Waals surface area contributed by atoms with Crippen LogP contribution >= 0.6 is 0 Å². The molecule has 0 radical (unpaired) electrons. The van der Waals surface area contributed by atoms with Gasteiger partial charge in [0, 0.05) is 11.1 Å². The Bertz CT molecular complexity index is 997. The lowest BCUT2D eigenvalue weighted by Crippen LogP contribution is -2.26. The molecule has 2 N–H and O–H groups in total. The van der Waals surface area contributed by atoms with E-state index < -0.39 is 11.8 Å². The number of ether oxygens (including phenoxy) is 2. The van der Waals surface area contributed by atoms with Crippen molar-refractivity contribution in [3.63, 3.8) is 0 Å². The smallest absolute Gasteiger partial charge is 0.255 e. The number of carbonyl (C=O) groups is 1. The summed E-state index contributed by atoms with van der Waals surface area (Å²) in [5.41, 5.74) is 3.87. The lowest BCUT2D eigenvalue weighted by atomic mass is 10.0. The molecule has 1 heterocycles. The highest BCUT2D eigenvalue weighted by Crippen LogP contribution is 2.39. The molecule has 1 aromatic heterocycles. The molecule has 2 aromatic carbocycles. The Kier molecular flexibility index (Phi) is 7.67. The van der Waals surface area contributed by atoms with E-state index in [1.165, 1.54) is 0 Å². The van der Waals surface area contributed by atoms with Crippen molar-refractivity contribution >= 4 is 5.91 Å². The quantitative estimate of drug-likeness (QED) is 0.264. The van der Waals surface area contributed by atoms with Gasteiger partial charge in [0.05, 0.1) is 14.2 Å². The van der Waals surface area contributed by atoms with Gasteiger partial charge < -0.3 is 13.9 Å². The van der Waals surface area contributed by atoms with E-state index in [4.69, 9.17) is 18.9 Å². The molecule has 0 aliphatic heterocycles. The molecular formula is C24H28N2O5. The number of carbonyl (C=O) groups excluding carboxylic acids is 1. The first-order valence-electron chi connectivity index (χ1n) is 10.3. The fraction of sp³-hybridized carbons (Fsp3) is 0.333. The Labute approximate surface area is 182 Å². The van der Waals surface area contributed by atoms with Crippen LogP contribution in [0.2, 0.25) is 0 Å². The molecule has 0 aliphatic rings. The lowest BCUT2D eigenvalue weighted by molar-refractivity contribution is -0.131. The van der Waals surface area contributed by atoms with Crippen LogP contribution in [0.1, 0.15) is 44.4 Å². The number of nitrogens with one attached hydrogen (secondary N) is 1. The van der Waals surface area contributed by atoms with E-state index in [0.29, 0.717) is 23.6 Å². The number of nitrogens with zero attached hydrogens (tertiary/aromatic N) is 1. The first kappa shape index (κ1) is 22.4. The summed E-state index contributed by atoms with van der Waals surface area (Å²) in [6.45, 7) is 2.09. The van der Waals surface area contributed by atoms with Crippen molar-refractivity contribution in [3.8, 4) is 34.1 Å². The Hall–Kier alpha value is -3.32. The van der Waals surface area contributed by atoms with Crippen LogP contribution in [0.4, 0.5) is 0 Å². The van der Waals surface area contributed by atoms with Gasteiger partial charge in [-0.1, -0.05) is 38.3 Å². The maximum absolute atomic E-state index is 12.4. The number of amides is 1. The van der Waals surface area contributed by atoms with Gasteiger partial charge in [-0.25, -0.2) is 10.5 Å². The first-order valence-corrected chi connectivity index (χ1v) is 10.3. The first-order chi connectivity index (χ1) is 15.1. The summed E-state index contributed by atoms with van der Waals surface area (Å²) in [5, 5.41) is 9.27. The molecule has 0 aliphatic carbocycles. The maximum atomic E-state index is 12.4. The third-order valence-corrected chi connectivity index (χ3v) is 5.18. The molecule has 0 bridgehead atoms. The summed E-state index contributed by atoms with van der Waals surface area (Å²) in [5.74, 6) is 0.913. The lowest BCUT2D eigenvalue weighted by Gasteiger charge is -2.10. The second-order valence-electron chi connectivity index (χ2n) is 7.18. The molecule has 0 fully saturated rings. The minimum absolute atomic E-state index is 0.259. The van der Waals surface area contributed by atoms with Gasteiger partial charge in [-0.2, -0.15) is 0 Å². The van der Waals surface area contributed by atoms with Gasteiger partial charge in [-0.15, -0.1) is 0 Å². The molecule has 164 valence electrons. The Morgan fingerprint density at radius 2 is 1.84 bits per heavy atom. The number of hydrogen-bond donors (Lipinski definition) is 2. The SMILES string of the molecule is CCCCCC(C(=O)NO)c1nc(-c2ccccc2OC)c(-c2ccc(OC)cc2)o1. The van der Waals surface area contributed by atoms with Crippen LogP contribution in [0.25, 0.3) is 22.6 Å². The van der Waals surface area contributed by atoms with Crippen molar-refractivity contribution in [2.24, 2.45) is 0 Å². The Balaban J connectivity index is 2.13. The number of methoxy groups -OCH3 is 2. The van der Waals surface area contributed by atoms with Crippen LogP contribution in [-0.2, 0) is 4.79 Å². The van der Waals surface area contributed by atoms with Gasteiger partial charge in [-0.05, 0) is 42.8 Å². The van der Waals surface area contributed by atoms with Crippen LogP contribution in [0.15, 0.2) is 52.9 Å². The predicted molar refractivity (Wildman–Crippen MR) is 117 cm³/mol. The normalized spacial score (nSPS) is 11.7. The van der Waals surface area contributed by atoms with Gasteiger partial charge in [0.15, 0.2) is 5.76 Å². The largest absolute Gasteiger partial charge is 0.497 e. The van der Waals surface area contributed by atoms with E-state index in [-0.39, 0.29) is 5.89 Å². The molecule has 1 unspecified atom stereocenters. The summed E-state index contributed by atoms with van der Waals surface area (Å²) in [4.78, 5) is 17.1. The number of benzene rings is 2. The number of rotatable bonds is 10. The fourth-order valence-electron chi connectivity index (χ4n) is 3.49. The van der Waals surface area contributed by atoms with E-state index in [9.17, 15) is 10.0 Å². The highest BCUT2D eigenvalue weighted by atomic mass is 16.5. The zero-order chi connectivity index (χ0) is 22.2. The minimum atomic E-state index is -0.697. The summed E-state index contributed by atoms with van der Waals surface area (Å²) in [7, 11) is 3.20. The van der Waals surface area contributed by atoms with Gasteiger partial charge >= 0.3 is 0 Å². The third-order valence-electron chi connectivity index (χ3n) is 5.18. The van der Waals surface area contributed by atoms with Crippen LogP contribution in [-0.4, -0.2) is 30.3 Å². The highest BCUT2D eigenvalue weighted by Gasteiger charge is 2.29. The van der Waals surface area contributed by atoms with Crippen molar-refractivity contribution in [2.75, 3.05) is 14.2 Å². The Morgan fingerprint density at radius 1 is 1.10 bits per heavy atom. The molecule has 3 rings (SSSR count). The van der Waals surface area contributed by atoms with E-state index in [0.717, 1.165) is 36.1 Å². The van der Waals surface area contributed by atoms with Crippen molar-refractivity contribution in [1.82, 2.24) is 10.5 Å². The monoisotopic (exact) mass is 424 g/mol. The Morgan fingerprint density at radius 3 is 2.48 bits per heavy atom. The highest BCUT2D eigenvalue weighted by molar-refractivity contribution is 5.84. The van der Waals surface area contributed by atoms with E-state index in [1.54, 1.807) is 19.7 Å². The molecule has 31 heavy (non-hydrogen) atoms. The zero-order valence-corrected chi connectivity index (χ0v) is 18.1. The van der Waals surface area contributed by atoms with Gasteiger partial charge in [0.1, 0.15) is 23.1 Å². The average Bonchev–Trinajstić information content (AvgIpc) is 3.26. The van der Waals surface area contributed by atoms with Crippen LogP contribution in [0.5, 0.6) is 11.5 Å². The van der Waals surface area contributed by atoms with Crippen LogP contribution in [0.3, 0.4) is 0 Å². The summed E-state index contributed by atoms with van der Waals surface area (Å²) in [6, 6.07) is 14.9. The van der Waals surface area contributed by atoms with E-state index >= 15 is 0 Å². The van der Waals surface area contributed by atoms with E-state index in [1.807, 2.05) is 48.5 Å². The van der Waals surface area contributed by atoms with Crippen molar-refractivity contribution in [2.45, 2.75) is 38.5 Å². The molecule has 7 nitrogen and oxygen atoms in total. The molecule has 0 spiro atoms. The number of aromatic nitrogens is 1. The van der Waals surface area contributed by atoms with Crippen LogP contribution < -0.4 is 15.0 Å². The summed E-state index contributed by atoms with van der Waals surface area (Å²) in [6.07, 6.45) is 3.33. The zero-order valence-electron chi connectivity index (χ0n) is 18.1. The predicted octanol–water partition coefficient (Wildman–Crippen LogP) is 5.20. The van der Waals surface area contributed by atoms with Crippen molar-refractivity contribution < 1.29 is 23.9 Å². The van der Waals surface area contributed by atoms with Gasteiger partial charge in [0.25, 0.3) is 5.91 Å². The van der Waals surface area contributed by atoms with Crippen molar-refractivity contribution in [1.29, 1.82) is 0 Å². The molecule has 7 heteroatoms.